The summed E-state index contributed by atoms with van der Waals surface area (Å²) in [5, 5.41) is 0. The lowest BCUT2D eigenvalue weighted by Gasteiger charge is -2.36. The standard InChI is InChI=1S/C20H22N2O2/c23-20(13-15-6-7-19-16(12-15)8-11-24-19)22-10-2-1-5-18(22)17-4-3-9-21-14-17/h3-4,6-7,9,12,14,18H,1-2,5,8,10-11,13H2/t18-/m0/s1. The summed E-state index contributed by atoms with van der Waals surface area (Å²) in [5.41, 5.74) is 3.45. The number of carbonyl (C=O) groups excluding carboxylic acids is 1. The molecule has 0 saturated carbocycles. The Balaban J connectivity index is 1.51. The van der Waals surface area contributed by atoms with E-state index in [9.17, 15) is 4.79 Å². The van der Waals surface area contributed by atoms with Gasteiger partial charge in [0.25, 0.3) is 0 Å². The number of piperidine rings is 1. The van der Waals surface area contributed by atoms with Gasteiger partial charge < -0.3 is 9.64 Å². The van der Waals surface area contributed by atoms with E-state index >= 15 is 0 Å². The molecule has 1 aromatic heterocycles. The monoisotopic (exact) mass is 322 g/mol. The topological polar surface area (TPSA) is 42.4 Å². The van der Waals surface area contributed by atoms with Gasteiger partial charge in [-0.15, -0.1) is 0 Å². The van der Waals surface area contributed by atoms with E-state index in [4.69, 9.17) is 4.74 Å². The Morgan fingerprint density at radius 3 is 3.12 bits per heavy atom. The fraction of sp³-hybridized carbons (Fsp3) is 0.400. The van der Waals surface area contributed by atoms with Crippen LogP contribution in [0.4, 0.5) is 0 Å². The van der Waals surface area contributed by atoms with Crippen LogP contribution in [-0.4, -0.2) is 28.9 Å². The van der Waals surface area contributed by atoms with Gasteiger partial charge in [-0.2, -0.15) is 0 Å². The molecule has 24 heavy (non-hydrogen) atoms. The number of ether oxygens (including phenoxy) is 1. The third-order valence-corrected chi connectivity index (χ3v) is 5.00. The molecule has 1 fully saturated rings. The molecule has 2 aliphatic rings. The van der Waals surface area contributed by atoms with Gasteiger partial charge in [0.1, 0.15) is 5.75 Å². The fourth-order valence-electron chi connectivity index (χ4n) is 3.78. The van der Waals surface area contributed by atoms with Crippen molar-refractivity contribution in [3.05, 3.63) is 59.4 Å². The second-order valence-corrected chi connectivity index (χ2v) is 6.60. The molecule has 1 atom stereocenters. The first-order chi connectivity index (χ1) is 11.8. The van der Waals surface area contributed by atoms with Crippen LogP contribution in [0.2, 0.25) is 0 Å². The molecular formula is C20H22N2O2. The SMILES string of the molecule is O=C(Cc1ccc2c(c1)CCO2)N1CCCC[C@H]1c1cccnc1. The molecule has 4 nitrogen and oxygen atoms in total. The van der Waals surface area contributed by atoms with Gasteiger partial charge in [0, 0.05) is 25.4 Å². The van der Waals surface area contributed by atoms with Gasteiger partial charge in [-0.05, 0) is 48.1 Å². The molecule has 1 saturated heterocycles. The summed E-state index contributed by atoms with van der Waals surface area (Å²) in [7, 11) is 0. The molecule has 1 aromatic carbocycles. The van der Waals surface area contributed by atoms with Crippen molar-refractivity contribution >= 4 is 5.91 Å². The van der Waals surface area contributed by atoms with Gasteiger partial charge in [-0.3, -0.25) is 9.78 Å². The van der Waals surface area contributed by atoms with E-state index in [1.165, 1.54) is 12.0 Å². The summed E-state index contributed by atoms with van der Waals surface area (Å²) in [6.07, 6.45) is 8.35. The van der Waals surface area contributed by atoms with E-state index in [0.29, 0.717) is 6.42 Å². The molecule has 0 aliphatic carbocycles. The highest BCUT2D eigenvalue weighted by molar-refractivity contribution is 5.79. The lowest BCUT2D eigenvalue weighted by atomic mass is 9.95. The van der Waals surface area contributed by atoms with Gasteiger partial charge in [0.2, 0.25) is 5.91 Å². The van der Waals surface area contributed by atoms with Crippen molar-refractivity contribution in [2.75, 3.05) is 13.2 Å². The zero-order chi connectivity index (χ0) is 16.4. The Morgan fingerprint density at radius 2 is 2.25 bits per heavy atom. The molecule has 1 amide bonds. The molecular weight excluding hydrogens is 300 g/mol. The second-order valence-electron chi connectivity index (χ2n) is 6.60. The van der Waals surface area contributed by atoms with Crippen molar-refractivity contribution in [3.8, 4) is 5.75 Å². The minimum absolute atomic E-state index is 0.165. The van der Waals surface area contributed by atoms with E-state index in [-0.39, 0.29) is 11.9 Å². The van der Waals surface area contributed by atoms with Gasteiger partial charge in [0.15, 0.2) is 0 Å². The normalized spacial score (nSPS) is 19.7. The van der Waals surface area contributed by atoms with E-state index in [1.807, 2.05) is 29.3 Å². The largest absolute Gasteiger partial charge is 0.493 e. The van der Waals surface area contributed by atoms with Crippen molar-refractivity contribution in [1.29, 1.82) is 0 Å². The summed E-state index contributed by atoms with van der Waals surface area (Å²) in [6, 6.07) is 10.3. The van der Waals surface area contributed by atoms with Crippen molar-refractivity contribution in [2.24, 2.45) is 0 Å². The molecule has 3 heterocycles. The lowest BCUT2D eigenvalue weighted by molar-refractivity contribution is -0.134. The van der Waals surface area contributed by atoms with Crippen molar-refractivity contribution in [3.63, 3.8) is 0 Å². The van der Waals surface area contributed by atoms with Crippen molar-refractivity contribution in [2.45, 2.75) is 38.1 Å². The minimum Gasteiger partial charge on any atom is -0.493 e. The maximum atomic E-state index is 12.9. The zero-order valence-corrected chi connectivity index (χ0v) is 13.8. The number of amides is 1. The Morgan fingerprint density at radius 1 is 1.29 bits per heavy atom. The zero-order valence-electron chi connectivity index (χ0n) is 13.8. The van der Waals surface area contributed by atoms with E-state index in [1.54, 1.807) is 6.20 Å². The number of aromatic nitrogens is 1. The van der Waals surface area contributed by atoms with Crippen LogP contribution in [-0.2, 0) is 17.6 Å². The Bertz CT molecular complexity index is 730. The van der Waals surface area contributed by atoms with Gasteiger partial charge >= 0.3 is 0 Å². The van der Waals surface area contributed by atoms with Crippen molar-refractivity contribution in [1.82, 2.24) is 9.88 Å². The Hall–Kier alpha value is -2.36. The third kappa shape index (κ3) is 3.01. The van der Waals surface area contributed by atoms with Crippen LogP contribution in [0.1, 0.15) is 42.0 Å². The predicted octanol–water partition coefficient (Wildman–Crippen LogP) is 3.31. The maximum Gasteiger partial charge on any atom is 0.227 e. The number of hydrogen-bond acceptors (Lipinski definition) is 3. The number of rotatable bonds is 3. The highest BCUT2D eigenvalue weighted by Crippen LogP contribution is 2.31. The molecule has 0 unspecified atom stereocenters. The Labute approximate surface area is 142 Å². The van der Waals surface area contributed by atoms with Crippen LogP contribution in [0.25, 0.3) is 0 Å². The van der Waals surface area contributed by atoms with E-state index in [2.05, 4.69) is 17.1 Å². The number of benzene rings is 1. The molecule has 0 N–H and O–H groups in total. The van der Waals surface area contributed by atoms with Crippen molar-refractivity contribution < 1.29 is 9.53 Å². The molecule has 2 aliphatic heterocycles. The average Bonchev–Trinajstić information content (AvgIpc) is 3.10. The number of likely N-dealkylation sites (tertiary alicyclic amines) is 1. The molecule has 4 rings (SSSR count). The van der Waals surface area contributed by atoms with Gasteiger partial charge in [-0.25, -0.2) is 0 Å². The quantitative estimate of drug-likeness (QED) is 0.870. The van der Waals surface area contributed by atoms with Crippen LogP contribution in [0, 0.1) is 0 Å². The molecule has 0 spiro atoms. The predicted molar refractivity (Wildman–Crippen MR) is 91.9 cm³/mol. The summed E-state index contributed by atoms with van der Waals surface area (Å²) < 4.78 is 5.55. The number of pyridine rings is 1. The van der Waals surface area contributed by atoms with Crippen LogP contribution >= 0.6 is 0 Å². The molecule has 0 bridgehead atoms. The average molecular weight is 322 g/mol. The first kappa shape index (κ1) is 15.2. The third-order valence-electron chi connectivity index (χ3n) is 5.00. The summed E-state index contributed by atoms with van der Waals surface area (Å²) in [6.45, 7) is 1.59. The first-order valence-corrected chi connectivity index (χ1v) is 8.75. The molecule has 4 heteroatoms. The summed E-state index contributed by atoms with van der Waals surface area (Å²) in [5.74, 6) is 1.18. The maximum absolute atomic E-state index is 12.9. The van der Waals surface area contributed by atoms with Crippen LogP contribution in [0.5, 0.6) is 5.75 Å². The number of fused-ring (bicyclic) bond motifs is 1. The number of carbonyl (C=O) groups is 1. The number of nitrogens with zero attached hydrogens (tertiary/aromatic N) is 2. The smallest absolute Gasteiger partial charge is 0.227 e. The Kier molecular flexibility index (Phi) is 4.20. The summed E-state index contributed by atoms with van der Waals surface area (Å²) in [4.78, 5) is 19.2. The van der Waals surface area contributed by atoms with Crippen LogP contribution in [0.3, 0.4) is 0 Å². The highest BCUT2D eigenvalue weighted by atomic mass is 16.5. The molecule has 124 valence electrons. The molecule has 0 radical (unpaired) electrons. The van der Waals surface area contributed by atoms with E-state index < -0.39 is 0 Å². The molecule has 2 aromatic rings. The minimum atomic E-state index is 0.165. The van der Waals surface area contributed by atoms with Crippen LogP contribution in [0.15, 0.2) is 42.7 Å². The van der Waals surface area contributed by atoms with E-state index in [0.717, 1.165) is 49.3 Å². The lowest BCUT2D eigenvalue weighted by Crippen LogP contribution is -2.39. The second kappa shape index (κ2) is 6.63. The van der Waals surface area contributed by atoms with Gasteiger partial charge in [0.05, 0.1) is 19.1 Å². The number of hydrogen-bond donors (Lipinski definition) is 0. The summed E-state index contributed by atoms with van der Waals surface area (Å²) >= 11 is 0. The fourth-order valence-corrected chi connectivity index (χ4v) is 3.78. The van der Waals surface area contributed by atoms with Gasteiger partial charge in [-0.1, -0.05) is 18.2 Å². The van der Waals surface area contributed by atoms with Crippen LogP contribution < -0.4 is 4.74 Å². The highest BCUT2D eigenvalue weighted by Gasteiger charge is 2.28. The first-order valence-electron chi connectivity index (χ1n) is 8.75.